The molecular formula is C62H74N2O17S2. The first-order valence-corrected chi connectivity index (χ1v) is 29.1. The van der Waals surface area contributed by atoms with Crippen molar-refractivity contribution in [2.75, 3.05) is 52.2 Å². The number of carbonyl (C=O) groups is 4. The van der Waals surface area contributed by atoms with Gasteiger partial charge in [0.2, 0.25) is 0 Å². The van der Waals surface area contributed by atoms with Crippen LogP contribution in [-0.4, -0.2) is 136 Å². The van der Waals surface area contributed by atoms with Gasteiger partial charge in [0.05, 0.1) is 25.1 Å². The number of benzene rings is 4. The predicted octanol–water partition coefficient (Wildman–Crippen LogP) is 8.27. The van der Waals surface area contributed by atoms with E-state index < -0.39 is 47.2 Å². The van der Waals surface area contributed by atoms with Gasteiger partial charge in [-0.1, -0.05) is 40.1 Å². The number of rotatable bonds is 20. The summed E-state index contributed by atoms with van der Waals surface area (Å²) in [7, 11) is -7.20. The molecule has 5 rings (SSSR count). The van der Waals surface area contributed by atoms with Gasteiger partial charge in [-0.2, -0.15) is 0 Å². The van der Waals surface area contributed by atoms with Crippen LogP contribution in [0.3, 0.4) is 0 Å². The summed E-state index contributed by atoms with van der Waals surface area (Å²) < 4.78 is 69.8. The minimum atomic E-state index is -3.71. The standard InChI is InChI=1S/C20H25NO6S.C11H11NO2.C11H10O2.C9H16O4S.C7H6O2.C4H6O/c1-5-7-12-26-16-10-8-15(9-11-16)18-13-17(27-21-18)14-20(3,28(4,23)24)19(22)25-6-2;1-2-3-8-14-11-6-4-10(5-7-11)9-12-13;1-2-3-8-13-11-6-4-10(9-12)5-7-11;1-5-7-9(3,14(4,11)12)8(10)13-6-2;8-5-6-1-3-7(9)4-2-6;1-2-3-4-5/h8-11,17H,6,12-14H2,1-4H3;4-7,9,13H,8H2,1H3;4-7,9H,8H2,1H3;5H,1,6-7H2,2-4H3;1-5,9H;5H,4H2,1H3/b;12-9+;;;;. The van der Waals surface area contributed by atoms with Gasteiger partial charge in [0.1, 0.15) is 68.1 Å². The zero-order valence-electron chi connectivity index (χ0n) is 48.5. The van der Waals surface area contributed by atoms with E-state index in [0.29, 0.717) is 48.8 Å². The Morgan fingerprint density at radius 3 is 1.39 bits per heavy atom. The van der Waals surface area contributed by atoms with E-state index in [4.69, 9.17) is 43.9 Å². The molecule has 0 saturated carbocycles. The molecule has 4 aromatic carbocycles. The molecule has 3 atom stereocenters. The number of nitrogens with zero attached hydrogens (tertiary/aromatic N) is 2. The average Bonchev–Trinajstić information content (AvgIpc) is 4.08. The number of phenols is 1. The van der Waals surface area contributed by atoms with Crippen LogP contribution in [0.2, 0.25) is 0 Å². The van der Waals surface area contributed by atoms with E-state index >= 15 is 0 Å². The highest BCUT2D eigenvalue weighted by atomic mass is 32.2. The van der Waals surface area contributed by atoms with Crippen molar-refractivity contribution in [2.24, 2.45) is 10.3 Å². The number of aldehydes is 2. The van der Waals surface area contributed by atoms with Crippen LogP contribution in [0, 0.1) is 47.4 Å². The molecule has 0 saturated heterocycles. The predicted molar refractivity (Wildman–Crippen MR) is 320 cm³/mol. The van der Waals surface area contributed by atoms with Gasteiger partial charge in [0.15, 0.2) is 29.2 Å². The molecule has 19 nitrogen and oxygen atoms in total. The second kappa shape index (κ2) is 41.2. The van der Waals surface area contributed by atoms with Gasteiger partial charge in [-0.05, 0) is 170 Å². The van der Waals surface area contributed by atoms with Crippen LogP contribution in [0.25, 0.3) is 0 Å². The summed E-state index contributed by atoms with van der Waals surface area (Å²) in [4.78, 5) is 49.5. The first kappa shape index (κ1) is 74.1. The zero-order valence-corrected chi connectivity index (χ0v) is 50.1. The molecule has 83 heavy (non-hydrogen) atoms. The molecule has 0 aromatic heterocycles. The van der Waals surface area contributed by atoms with E-state index in [9.17, 15) is 36.0 Å². The van der Waals surface area contributed by atoms with E-state index in [1.807, 2.05) is 24.3 Å². The first-order chi connectivity index (χ1) is 39.5. The molecule has 3 N–H and O–H groups in total. The Morgan fingerprint density at radius 1 is 0.663 bits per heavy atom. The minimum Gasteiger partial charge on any atom is -0.508 e. The number of aromatic hydroxyl groups is 1. The number of ether oxygens (including phenoxy) is 5. The number of aliphatic hydroxyl groups excluding tert-OH is 1. The topological polar surface area (TPSA) is 277 Å². The van der Waals surface area contributed by atoms with Gasteiger partial charge in [0, 0.05) is 36.5 Å². The van der Waals surface area contributed by atoms with Gasteiger partial charge < -0.3 is 43.9 Å². The molecule has 4 aromatic rings. The molecule has 0 spiro atoms. The van der Waals surface area contributed by atoms with Crippen LogP contribution < -0.4 is 14.2 Å². The number of hydrogen-bond acceptors (Lipinski definition) is 19. The molecule has 446 valence electrons. The maximum Gasteiger partial charge on any atom is 0.327 e. The molecule has 0 bridgehead atoms. The lowest BCUT2D eigenvalue weighted by Gasteiger charge is -2.27. The van der Waals surface area contributed by atoms with Gasteiger partial charge >= 0.3 is 11.9 Å². The Labute approximate surface area is 488 Å². The van der Waals surface area contributed by atoms with Crippen molar-refractivity contribution < 1.29 is 80.0 Å². The van der Waals surface area contributed by atoms with E-state index in [-0.39, 0.29) is 38.4 Å². The fraction of sp³-hybridized carbons (Fsp3) is 0.355. The number of oxime groups is 2. The molecule has 0 amide bonds. The first-order valence-electron chi connectivity index (χ1n) is 25.3. The van der Waals surface area contributed by atoms with Crippen molar-refractivity contribution in [1.82, 2.24) is 0 Å². The number of aliphatic hydroxyl groups is 1. The summed E-state index contributed by atoms with van der Waals surface area (Å²) in [6.45, 7) is 17.7. The van der Waals surface area contributed by atoms with E-state index in [0.717, 1.165) is 47.7 Å². The Balaban J connectivity index is 0.00000105. The Kier molecular flexibility index (Phi) is 36.8. The number of phenolic OH excluding ortho intramolecular Hbond substituents is 1. The molecule has 1 aliphatic heterocycles. The molecule has 0 radical (unpaired) electrons. The summed E-state index contributed by atoms with van der Waals surface area (Å²) in [6, 6.07) is 27.5. The van der Waals surface area contributed by atoms with Gasteiger partial charge in [-0.25, -0.2) is 16.8 Å². The molecule has 3 unspecified atom stereocenters. The third-order valence-corrected chi connectivity index (χ3v) is 14.9. The number of carbonyl (C=O) groups excluding carboxylic acids is 4. The summed E-state index contributed by atoms with van der Waals surface area (Å²) >= 11 is 0. The lowest BCUT2D eigenvalue weighted by Crippen LogP contribution is -2.47. The maximum atomic E-state index is 12.3. The monoisotopic (exact) mass is 1180 g/mol. The van der Waals surface area contributed by atoms with Crippen LogP contribution in [0.1, 0.15) is 106 Å². The highest BCUT2D eigenvalue weighted by Crippen LogP contribution is 2.31. The SMILES string of the molecule is C=CCC(C)(C(=O)OCC)S(C)(=O)=O.CC#CCO.CC#CCOc1ccc(/C=N/O)cc1.CC#CCOc1ccc(C2=NOC(CC(C)(C(=O)OCC)S(C)(=O)=O)C2)cc1.CC#CCOc1ccc(C=O)cc1.O=Cc1ccc(O)cc1. The van der Waals surface area contributed by atoms with Crippen molar-refractivity contribution in [3.05, 3.63) is 132 Å². The molecule has 0 aliphatic carbocycles. The summed E-state index contributed by atoms with van der Waals surface area (Å²) in [5, 5.41) is 31.9. The van der Waals surface area contributed by atoms with E-state index in [1.54, 1.807) is 102 Å². The number of sulfone groups is 2. The fourth-order valence-electron chi connectivity index (χ4n) is 6.07. The van der Waals surface area contributed by atoms with Crippen LogP contribution in [0.15, 0.2) is 120 Å². The highest BCUT2D eigenvalue weighted by molar-refractivity contribution is 7.93. The molecule has 0 fully saturated rings. The quantitative estimate of drug-likeness (QED) is 0.0143. The third kappa shape index (κ3) is 28.9. The van der Waals surface area contributed by atoms with Crippen molar-refractivity contribution in [1.29, 1.82) is 0 Å². The largest absolute Gasteiger partial charge is 0.508 e. The fourth-order valence-corrected chi connectivity index (χ4v) is 7.70. The second-order valence-electron chi connectivity index (χ2n) is 17.1. The Hall–Kier alpha value is -8.86. The lowest BCUT2D eigenvalue weighted by molar-refractivity contribution is -0.147. The van der Waals surface area contributed by atoms with Crippen molar-refractivity contribution in [3.63, 3.8) is 0 Å². The van der Waals surface area contributed by atoms with Crippen LogP contribution in [-0.2, 0) is 43.6 Å². The van der Waals surface area contributed by atoms with Crippen molar-refractivity contribution in [2.45, 2.75) is 90.3 Å². The van der Waals surface area contributed by atoms with Crippen LogP contribution in [0.5, 0.6) is 23.0 Å². The normalized spacial score (nSPS) is 13.0. The molecule has 1 heterocycles. The number of esters is 2. The smallest absolute Gasteiger partial charge is 0.327 e. The maximum absolute atomic E-state index is 12.3. The average molecular weight is 1180 g/mol. The Morgan fingerprint density at radius 2 is 1.05 bits per heavy atom. The van der Waals surface area contributed by atoms with Crippen LogP contribution >= 0.6 is 0 Å². The lowest BCUT2D eigenvalue weighted by atomic mass is 9.97. The van der Waals surface area contributed by atoms with E-state index in [2.05, 4.69) is 64.3 Å². The molecular weight excluding hydrogens is 1110 g/mol. The van der Waals surface area contributed by atoms with Crippen LogP contribution in [0.4, 0.5) is 0 Å². The second-order valence-corrected chi connectivity index (χ2v) is 22.0. The van der Waals surface area contributed by atoms with Crippen molar-refractivity contribution in [3.8, 4) is 70.4 Å². The summed E-state index contributed by atoms with van der Waals surface area (Å²) in [6.07, 6.45) is 6.23. The number of hydrogen-bond donors (Lipinski definition) is 3. The third-order valence-electron chi connectivity index (χ3n) is 11.0. The minimum absolute atomic E-state index is 0.0174. The summed E-state index contributed by atoms with van der Waals surface area (Å²) in [5.74, 6) is 22.4. The number of allylic oxidation sites excluding steroid dienone is 1. The molecule has 1 aliphatic rings. The van der Waals surface area contributed by atoms with E-state index in [1.165, 1.54) is 38.3 Å². The summed E-state index contributed by atoms with van der Waals surface area (Å²) in [5.41, 5.74) is 3.57. The molecule has 21 heteroatoms. The van der Waals surface area contributed by atoms with Gasteiger partial charge in [-0.15, -0.1) is 30.3 Å². The Bertz CT molecular complexity index is 3190. The highest BCUT2D eigenvalue weighted by Gasteiger charge is 2.48. The van der Waals surface area contributed by atoms with Crippen molar-refractivity contribution >= 4 is 56.1 Å². The van der Waals surface area contributed by atoms with Gasteiger partial charge in [0.25, 0.3) is 0 Å². The zero-order chi connectivity index (χ0) is 62.7. The van der Waals surface area contributed by atoms with Gasteiger partial charge in [-0.3, -0.25) is 19.2 Å².